The largest absolute Gasteiger partial charge is 0.492 e. The van der Waals surface area contributed by atoms with Gasteiger partial charge in [-0.05, 0) is 62.8 Å². The van der Waals surface area contributed by atoms with Crippen LogP contribution in [0.15, 0.2) is 42.5 Å². The Hall–Kier alpha value is -2.64. The maximum Gasteiger partial charge on any atom is 0.175 e. The minimum Gasteiger partial charge on any atom is -0.492 e. The average Bonchev–Trinajstić information content (AvgIpc) is 2.93. The molecule has 0 aliphatic heterocycles. The second-order valence-corrected chi connectivity index (χ2v) is 7.26. The van der Waals surface area contributed by atoms with Crippen molar-refractivity contribution < 1.29 is 9.13 Å². The molecule has 0 saturated carbocycles. The number of para-hydroxylation sites is 2. The number of benzene rings is 2. The van der Waals surface area contributed by atoms with Crippen LogP contribution in [-0.4, -0.2) is 21.5 Å². The summed E-state index contributed by atoms with van der Waals surface area (Å²) in [6.45, 7) is 6.77. The highest BCUT2D eigenvalue weighted by atomic mass is 35.5. The summed E-state index contributed by atoms with van der Waals surface area (Å²) in [5, 5.41) is 11.8. The Morgan fingerprint density at radius 1 is 1.21 bits per heavy atom. The molecule has 3 aromatic rings. The van der Waals surface area contributed by atoms with Gasteiger partial charge in [-0.2, -0.15) is 5.10 Å². The van der Waals surface area contributed by atoms with E-state index in [1.807, 2.05) is 49.7 Å². The van der Waals surface area contributed by atoms with E-state index >= 15 is 0 Å². The smallest absolute Gasteiger partial charge is 0.175 e. The van der Waals surface area contributed by atoms with Gasteiger partial charge >= 0.3 is 0 Å². The van der Waals surface area contributed by atoms with Crippen LogP contribution in [0.2, 0.25) is 5.02 Å². The van der Waals surface area contributed by atoms with Gasteiger partial charge in [-0.3, -0.25) is 4.68 Å². The second-order valence-electron chi connectivity index (χ2n) is 6.45. The minimum atomic E-state index is -0.363. The Labute approximate surface area is 179 Å². The number of ether oxygens (including phenoxy) is 1. The maximum absolute atomic E-state index is 13.3. The normalized spacial score (nSPS) is 10.7. The molecule has 0 bridgehead atoms. The van der Waals surface area contributed by atoms with Crippen molar-refractivity contribution in [2.24, 2.45) is 0 Å². The van der Waals surface area contributed by atoms with Gasteiger partial charge in [0, 0.05) is 5.02 Å². The minimum absolute atomic E-state index is 0.363. The SMILES string of the molecule is CCOc1ccccc1NC(=S)Nc1c(C)nn(Cc2ccc(F)cc2Cl)c1C. The summed E-state index contributed by atoms with van der Waals surface area (Å²) in [7, 11) is 0. The van der Waals surface area contributed by atoms with E-state index in [9.17, 15) is 4.39 Å². The van der Waals surface area contributed by atoms with Crippen molar-refractivity contribution in [1.29, 1.82) is 0 Å². The van der Waals surface area contributed by atoms with Gasteiger partial charge in [0.1, 0.15) is 11.6 Å². The molecule has 0 atom stereocenters. The van der Waals surface area contributed by atoms with Crippen molar-refractivity contribution in [3.8, 4) is 5.75 Å². The predicted molar refractivity (Wildman–Crippen MR) is 120 cm³/mol. The molecule has 0 aliphatic carbocycles. The molecule has 0 radical (unpaired) electrons. The van der Waals surface area contributed by atoms with Crippen molar-refractivity contribution >= 4 is 40.3 Å². The zero-order valence-electron chi connectivity index (χ0n) is 16.4. The van der Waals surface area contributed by atoms with E-state index in [0.717, 1.165) is 34.1 Å². The van der Waals surface area contributed by atoms with Crippen LogP contribution in [0.5, 0.6) is 5.75 Å². The number of thiocarbonyl (C=S) groups is 1. The summed E-state index contributed by atoms with van der Waals surface area (Å²) in [5.41, 5.74) is 4.08. The molecule has 0 saturated heterocycles. The summed E-state index contributed by atoms with van der Waals surface area (Å²) in [5.74, 6) is 0.368. The van der Waals surface area contributed by atoms with Crippen LogP contribution in [0.1, 0.15) is 23.9 Å². The third kappa shape index (κ3) is 5.05. The van der Waals surface area contributed by atoms with Crippen molar-refractivity contribution in [3.63, 3.8) is 0 Å². The van der Waals surface area contributed by atoms with Crippen LogP contribution >= 0.6 is 23.8 Å². The first-order chi connectivity index (χ1) is 13.9. The first kappa shape index (κ1) is 21.1. The summed E-state index contributed by atoms with van der Waals surface area (Å²) in [6, 6.07) is 12.0. The first-order valence-electron chi connectivity index (χ1n) is 9.16. The topological polar surface area (TPSA) is 51.1 Å². The highest BCUT2D eigenvalue weighted by Gasteiger charge is 2.15. The lowest BCUT2D eigenvalue weighted by Gasteiger charge is -2.14. The standard InChI is InChI=1S/C21H22ClFN4OS/c1-4-28-19-8-6-5-7-18(19)24-21(29)25-20-13(2)26-27(14(20)3)12-15-9-10-16(23)11-17(15)22/h5-11H,4,12H2,1-3H3,(H2,24,25,29). The summed E-state index contributed by atoms with van der Waals surface area (Å²) >= 11 is 11.6. The van der Waals surface area contributed by atoms with Gasteiger partial charge in [-0.15, -0.1) is 0 Å². The molecule has 2 aromatic carbocycles. The summed E-state index contributed by atoms with van der Waals surface area (Å²) < 4.78 is 20.7. The third-order valence-electron chi connectivity index (χ3n) is 4.39. The molecule has 2 N–H and O–H groups in total. The Bertz CT molecular complexity index is 1040. The van der Waals surface area contributed by atoms with Crippen molar-refractivity contribution in [2.45, 2.75) is 27.3 Å². The van der Waals surface area contributed by atoms with Gasteiger partial charge < -0.3 is 15.4 Å². The molecule has 0 amide bonds. The van der Waals surface area contributed by atoms with Gasteiger partial charge in [-0.25, -0.2) is 4.39 Å². The molecule has 5 nitrogen and oxygen atoms in total. The fourth-order valence-corrected chi connectivity index (χ4v) is 3.40. The number of halogens is 2. The number of rotatable bonds is 6. The lowest BCUT2D eigenvalue weighted by molar-refractivity contribution is 0.342. The molecule has 0 unspecified atom stereocenters. The fraction of sp³-hybridized carbons (Fsp3) is 0.238. The lowest BCUT2D eigenvalue weighted by Crippen LogP contribution is -2.20. The molecule has 0 spiro atoms. The zero-order chi connectivity index (χ0) is 21.0. The van der Waals surface area contributed by atoms with Crippen molar-refractivity contribution in [3.05, 3.63) is 70.3 Å². The molecule has 1 heterocycles. The van der Waals surface area contributed by atoms with Gasteiger partial charge in [-0.1, -0.05) is 29.8 Å². The number of aromatic nitrogens is 2. The van der Waals surface area contributed by atoms with Crippen LogP contribution in [0, 0.1) is 19.7 Å². The number of hydrogen-bond donors (Lipinski definition) is 2. The Balaban J connectivity index is 1.76. The van der Waals surface area contributed by atoms with E-state index in [-0.39, 0.29) is 5.82 Å². The Kier molecular flexibility index (Phi) is 6.71. The van der Waals surface area contributed by atoms with E-state index in [4.69, 9.17) is 28.6 Å². The Morgan fingerprint density at radius 3 is 2.69 bits per heavy atom. The predicted octanol–water partition coefficient (Wildman–Crippen LogP) is 5.55. The van der Waals surface area contributed by atoms with Crippen LogP contribution in [-0.2, 0) is 6.54 Å². The number of nitrogens with zero attached hydrogens (tertiary/aromatic N) is 2. The van der Waals surface area contributed by atoms with Crippen molar-refractivity contribution in [2.75, 3.05) is 17.2 Å². The second kappa shape index (κ2) is 9.24. The Morgan fingerprint density at radius 2 is 1.97 bits per heavy atom. The van der Waals surface area contributed by atoms with Gasteiger partial charge in [0.2, 0.25) is 0 Å². The molecule has 0 fully saturated rings. The fourth-order valence-electron chi connectivity index (χ4n) is 2.96. The van der Waals surface area contributed by atoms with Crippen LogP contribution in [0.3, 0.4) is 0 Å². The molecule has 152 valence electrons. The van der Waals surface area contributed by atoms with Crippen LogP contribution < -0.4 is 15.4 Å². The zero-order valence-corrected chi connectivity index (χ0v) is 18.0. The molecule has 3 rings (SSSR count). The average molecular weight is 433 g/mol. The quantitative estimate of drug-likeness (QED) is 0.500. The molecular formula is C21H22ClFN4OS. The molecular weight excluding hydrogens is 411 g/mol. The van der Waals surface area contributed by atoms with E-state index in [0.29, 0.717) is 23.3 Å². The van der Waals surface area contributed by atoms with Crippen molar-refractivity contribution in [1.82, 2.24) is 9.78 Å². The maximum atomic E-state index is 13.3. The van der Waals surface area contributed by atoms with Gasteiger partial charge in [0.05, 0.1) is 35.9 Å². The van der Waals surface area contributed by atoms with E-state index in [1.165, 1.54) is 12.1 Å². The lowest BCUT2D eigenvalue weighted by atomic mass is 10.2. The highest BCUT2D eigenvalue weighted by Crippen LogP contribution is 2.26. The van der Waals surface area contributed by atoms with Crippen LogP contribution in [0.25, 0.3) is 0 Å². The number of hydrogen-bond acceptors (Lipinski definition) is 3. The van der Waals surface area contributed by atoms with Gasteiger partial charge in [0.25, 0.3) is 0 Å². The molecule has 29 heavy (non-hydrogen) atoms. The third-order valence-corrected chi connectivity index (χ3v) is 4.95. The summed E-state index contributed by atoms with van der Waals surface area (Å²) in [4.78, 5) is 0. The summed E-state index contributed by atoms with van der Waals surface area (Å²) in [6.07, 6.45) is 0. The van der Waals surface area contributed by atoms with Gasteiger partial charge in [0.15, 0.2) is 5.11 Å². The van der Waals surface area contributed by atoms with E-state index in [2.05, 4.69) is 15.7 Å². The molecule has 8 heteroatoms. The molecule has 0 aliphatic rings. The first-order valence-corrected chi connectivity index (χ1v) is 9.95. The molecule has 1 aromatic heterocycles. The van der Waals surface area contributed by atoms with Crippen LogP contribution in [0.4, 0.5) is 15.8 Å². The highest BCUT2D eigenvalue weighted by molar-refractivity contribution is 7.80. The number of nitrogens with one attached hydrogen (secondary N) is 2. The van der Waals surface area contributed by atoms with E-state index in [1.54, 1.807) is 6.07 Å². The number of aryl methyl sites for hydroxylation is 1. The monoisotopic (exact) mass is 432 g/mol. The van der Waals surface area contributed by atoms with E-state index < -0.39 is 0 Å². The number of anilines is 2.